The molecule has 3 heterocycles. The van der Waals surface area contributed by atoms with Crippen LogP contribution in [0.5, 0.6) is 0 Å². The lowest BCUT2D eigenvalue weighted by atomic mass is 10.0. The van der Waals surface area contributed by atoms with Crippen LogP contribution in [0.4, 0.5) is 19.5 Å². The van der Waals surface area contributed by atoms with Crippen LogP contribution in [-0.4, -0.2) is 55.9 Å². The zero-order chi connectivity index (χ0) is 24.6. The summed E-state index contributed by atoms with van der Waals surface area (Å²) in [5, 5.41) is 15.8. The fourth-order valence-electron chi connectivity index (χ4n) is 3.66. The third kappa shape index (κ3) is 4.80. The number of nitrogens with one attached hydrogen (secondary N) is 1. The highest BCUT2D eigenvalue weighted by atomic mass is 19.1. The molecule has 0 radical (unpaired) electrons. The molecule has 2 atom stereocenters. The third-order valence-electron chi connectivity index (χ3n) is 5.15. The van der Waals surface area contributed by atoms with Crippen LogP contribution in [0.3, 0.4) is 0 Å². The summed E-state index contributed by atoms with van der Waals surface area (Å²) in [4.78, 5) is 30.5. The Labute approximate surface area is 193 Å². The number of carbonyl (C=O) groups is 2. The third-order valence-corrected chi connectivity index (χ3v) is 5.15. The number of carbonyl (C=O) groups excluding carboxylic acids is 2. The van der Waals surface area contributed by atoms with Gasteiger partial charge < -0.3 is 4.74 Å². The van der Waals surface area contributed by atoms with E-state index in [0.717, 1.165) is 4.90 Å². The number of hydrogen-bond acceptors (Lipinski definition) is 6. The molecular formula is C23H22F2N6O3. The van der Waals surface area contributed by atoms with Crippen LogP contribution >= 0.6 is 0 Å². The van der Waals surface area contributed by atoms with Crippen molar-refractivity contribution in [1.82, 2.24) is 19.5 Å². The number of alkyl halides is 1. The SMILES string of the molecule is CC(C)(C)OC(=O)N1C[C@H](F)C[C@@H]1C(=O)Nc1nc2ccc(-c3cc(C#N)ccc3F)cn2n1. The lowest BCUT2D eigenvalue weighted by Crippen LogP contribution is -2.45. The summed E-state index contributed by atoms with van der Waals surface area (Å²) < 4.78 is 35.0. The maximum absolute atomic E-state index is 14.3. The molecule has 9 nitrogen and oxygen atoms in total. The largest absolute Gasteiger partial charge is 0.444 e. The molecule has 2 amide bonds. The van der Waals surface area contributed by atoms with Crippen LogP contribution in [0.1, 0.15) is 32.8 Å². The Hall–Kier alpha value is -4.07. The Bertz CT molecular complexity index is 1310. The monoisotopic (exact) mass is 468 g/mol. The predicted molar refractivity (Wildman–Crippen MR) is 118 cm³/mol. The van der Waals surface area contributed by atoms with Crippen LogP contribution in [0, 0.1) is 17.1 Å². The number of aromatic nitrogens is 3. The average molecular weight is 468 g/mol. The summed E-state index contributed by atoms with van der Waals surface area (Å²) in [6.07, 6.45) is -0.796. The number of nitriles is 1. The van der Waals surface area contributed by atoms with E-state index in [-0.39, 0.29) is 24.5 Å². The lowest BCUT2D eigenvalue weighted by Gasteiger charge is -2.27. The number of rotatable bonds is 3. The Morgan fingerprint density at radius 2 is 2.03 bits per heavy atom. The number of pyridine rings is 1. The van der Waals surface area contributed by atoms with Crippen molar-refractivity contribution in [2.24, 2.45) is 0 Å². The minimum absolute atomic E-state index is 0.0557. The van der Waals surface area contributed by atoms with E-state index in [0.29, 0.717) is 16.8 Å². The molecule has 1 aliphatic heterocycles. The van der Waals surface area contributed by atoms with Gasteiger partial charge in [0.05, 0.1) is 18.2 Å². The maximum Gasteiger partial charge on any atom is 0.411 e. The summed E-state index contributed by atoms with van der Waals surface area (Å²) in [6, 6.07) is 8.11. The topological polar surface area (TPSA) is 113 Å². The van der Waals surface area contributed by atoms with Gasteiger partial charge in [0.15, 0.2) is 5.65 Å². The van der Waals surface area contributed by atoms with Crippen molar-refractivity contribution < 1.29 is 23.1 Å². The number of fused-ring (bicyclic) bond motifs is 1. The Kier molecular flexibility index (Phi) is 5.91. The summed E-state index contributed by atoms with van der Waals surface area (Å²) in [5.74, 6) is -1.20. The smallest absolute Gasteiger partial charge is 0.411 e. The first-order chi connectivity index (χ1) is 16.0. The lowest BCUT2D eigenvalue weighted by molar-refractivity contribution is -0.120. The number of likely N-dealkylation sites (tertiary alicyclic amines) is 1. The van der Waals surface area contributed by atoms with Gasteiger partial charge >= 0.3 is 6.09 Å². The van der Waals surface area contributed by atoms with Crippen molar-refractivity contribution in [1.29, 1.82) is 5.26 Å². The molecule has 0 bridgehead atoms. The van der Waals surface area contributed by atoms with E-state index >= 15 is 0 Å². The van der Waals surface area contributed by atoms with Crippen LogP contribution in [-0.2, 0) is 9.53 Å². The minimum Gasteiger partial charge on any atom is -0.444 e. The van der Waals surface area contributed by atoms with E-state index in [1.165, 1.54) is 28.9 Å². The zero-order valence-corrected chi connectivity index (χ0v) is 18.7. The maximum atomic E-state index is 14.3. The van der Waals surface area contributed by atoms with Crippen molar-refractivity contribution in [3.8, 4) is 17.2 Å². The van der Waals surface area contributed by atoms with Gasteiger partial charge in [-0.05, 0) is 51.1 Å². The highest BCUT2D eigenvalue weighted by Gasteiger charge is 2.42. The van der Waals surface area contributed by atoms with Crippen molar-refractivity contribution in [2.75, 3.05) is 11.9 Å². The summed E-state index contributed by atoms with van der Waals surface area (Å²) in [5.41, 5.74) is 0.557. The Morgan fingerprint density at radius 3 is 2.74 bits per heavy atom. The fourth-order valence-corrected chi connectivity index (χ4v) is 3.66. The number of benzene rings is 1. The molecule has 176 valence electrons. The van der Waals surface area contributed by atoms with Gasteiger partial charge in [0.2, 0.25) is 11.9 Å². The number of ether oxygens (including phenoxy) is 1. The van der Waals surface area contributed by atoms with Crippen LogP contribution in [0.25, 0.3) is 16.8 Å². The van der Waals surface area contributed by atoms with Gasteiger partial charge in [-0.15, -0.1) is 5.10 Å². The second-order valence-electron chi connectivity index (χ2n) is 8.93. The molecular weight excluding hydrogens is 446 g/mol. The van der Waals surface area contributed by atoms with Crippen LogP contribution in [0.2, 0.25) is 0 Å². The van der Waals surface area contributed by atoms with Crippen molar-refractivity contribution in [3.05, 3.63) is 47.9 Å². The van der Waals surface area contributed by atoms with Gasteiger partial charge in [0.25, 0.3) is 0 Å². The molecule has 1 saturated heterocycles. The standard InChI is InChI=1S/C23H22F2N6O3/c1-23(2,3)34-22(33)30-12-15(24)9-18(30)20(32)28-21-27-19-7-5-14(11-31(19)29-21)16-8-13(10-26)4-6-17(16)25/h4-8,11,15,18H,9,12H2,1-3H3,(H,28,29,32)/t15-,18-/m1/s1. The molecule has 34 heavy (non-hydrogen) atoms. The Balaban J connectivity index is 1.55. The first-order valence-corrected chi connectivity index (χ1v) is 10.5. The zero-order valence-electron chi connectivity index (χ0n) is 18.7. The van der Waals surface area contributed by atoms with Gasteiger partial charge in [-0.2, -0.15) is 10.2 Å². The normalized spacial score (nSPS) is 18.1. The number of amides is 2. The van der Waals surface area contributed by atoms with E-state index < -0.39 is 35.6 Å². The molecule has 11 heteroatoms. The van der Waals surface area contributed by atoms with E-state index in [4.69, 9.17) is 10.00 Å². The summed E-state index contributed by atoms with van der Waals surface area (Å²) in [7, 11) is 0. The van der Waals surface area contributed by atoms with E-state index in [2.05, 4.69) is 15.4 Å². The highest BCUT2D eigenvalue weighted by Crippen LogP contribution is 2.26. The van der Waals surface area contributed by atoms with Gasteiger partial charge in [-0.3, -0.25) is 15.0 Å². The van der Waals surface area contributed by atoms with Crippen LogP contribution < -0.4 is 5.32 Å². The molecule has 0 saturated carbocycles. The second kappa shape index (κ2) is 8.70. The predicted octanol–water partition coefficient (Wildman–Crippen LogP) is 3.69. The summed E-state index contributed by atoms with van der Waals surface area (Å²) in [6.45, 7) is 4.79. The fraction of sp³-hybridized carbons (Fsp3) is 0.348. The highest BCUT2D eigenvalue weighted by molar-refractivity contribution is 5.96. The number of anilines is 1. The van der Waals surface area contributed by atoms with Gasteiger partial charge in [-0.25, -0.2) is 18.1 Å². The van der Waals surface area contributed by atoms with Gasteiger partial charge in [0, 0.05) is 23.7 Å². The molecule has 0 spiro atoms. The molecule has 3 aromatic rings. The molecule has 0 aliphatic carbocycles. The molecule has 4 rings (SSSR count). The molecule has 1 aromatic carbocycles. The molecule has 2 aromatic heterocycles. The van der Waals surface area contributed by atoms with Crippen molar-refractivity contribution in [3.63, 3.8) is 0 Å². The van der Waals surface area contributed by atoms with E-state index in [1.807, 2.05) is 6.07 Å². The Morgan fingerprint density at radius 1 is 1.26 bits per heavy atom. The van der Waals surface area contributed by atoms with E-state index in [9.17, 15) is 18.4 Å². The van der Waals surface area contributed by atoms with Gasteiger partial charge in [0.1, 0.15) is 23.6 Å². The van der Waals surface area contributed by atoms with E-state index in [1.54, 1.807) is 32.9 Å². The number of nitrogens with zero attached hydrogens (tertiary/aromatic N) is 5. The number of halogens is 2. The molecule has 1 N–H and O–H groups in total. The molecule has 1 fully saturated rings. The van der Waals surface area contributed by atoms with Crippen molar-refractivity contribution >= 4 is 23.6 Å². The molecule has 1 aliphatic rings. The average Bonchev–Trinajstić information content (AvgIpc) is 3.35. The first-order valence-electron chi connectivity index (χ1n) is 10.5. The minimum atomic E-state index is -1.36. The van der Waals surface area contributed by atoms with Gasteiger partial charge in [-0.1, -0.05) is 0 Å². The number of hydrogen-bond donors (Lipinski definition) is 1. The van der Waals surface area contributed by atoms with Crippen molar-refractivity contribution in [2.45, 2.75) is 45.0 Å². The summed E-state index contributed by atoms with van der Waals surface area (Å²) >= 11 is 0. The quantitative estimate of drug-likeness (QED) is 0.627. The first kappa shape index (κ1) is 23.1. The molecule has 0 unspecified atom stereocenters. The second-order valence-corrected chi connectivity index (χ2v) is 8.93. The van der Waals surface area contributed by atoms with Crippen LogP contribution in [0.15, 0.2) is 36.5 Å².